The molecule has 0 unspecified atom stereocenters. The SMILES string of the molecule is COCCn1/c(=N/S(=O)(=O)c2ccc(Cl)s2)sc2cc(NC(C)=O)ccc21. The van der Waals surface area contributed by atoms with E-state index in [1.54, 1.807) is 23.8 Å². The normalized spacial score (nSPS) is 12.6. The van der Waals surface area contributed by atoms with Gasteiger partial charge in [0.15, 0.2) is 0 Å². The Morgan fingerprint density at radius 3 is 2.70 bits per heavy atom. The standard InChI is InChI=1S/C16H16ClN3O4S3/c1-10(21)18-11-3-4-12-13(9-11)25-16(20(12)7-8-24-2)19-27(22,23)15-6-5-14(17)26-15/h3-6,9H,7-8H2,1-2H3,(H,18,21)/b19-16-. The predicted molar refractivity (Wildman–Crippen MR) is 108 cm³/mol. The number of benzene rings is 1. The highest BCUT2D eigenvalue weighted by atomic mass is 35.5. The van der Waals surface area contributed by atoms with E-state index in [0.29, 0.717) is 28.0 Å². The number of rotatable bonds is 6. The first-order chi connectivity index (χ1) is 12.8. The highest BCUT2D eigenvalue weighted by molar-refractivity contribution is 7.92. The van der Waals surface area contributed by atoms with Crippen LogP contribution in [0, 0.1) is 0 Å². The van der Waals surface area contributed by atoms with Gasteiger partial charge in [0.1, 0.15) is 4.21 Å². The van der Waals surface area contributed by atoms with Crippen molar-refractivity contribution in [3.05, 3.63) is 39.5 Å². The van der Waals surface area contributed by atoms with Crippen LogP contribution in [0.3, 0.4) is 0 Å². The second-order valence-corrected chi connectivity index (χ2v) is 10.1. The molecule has 2 heterocycles. The lowest BCUT2D eigenvalue weighted by Gasteiger charge is -2.05. The number of thiophene rings is 1. The zero-order chi connectivity index (χ0) is 19.6. The van der Waals surface area contributed by atoms with E-state index in [2.05, 4.69) is 9.71 Å². The number of carbonyl (C=O) groups excluding carboxylic acids is 1. The Hall–Kier alpha value is -1.72. The van der Waals surface area contributed by atoms with Gasteiger partial charge < -0.3 is 14.6 Å². The summed E-state index contributed by atoms with van der Waals surface area (Å²) < 4.78 is 37.4. The first kappa shape index (κ1) is 20.0. The molecule has 2 aromatic heterocycles. The number of amides is 1. The molecular weight excluding hydrogens is 430 g/mol. The monoisotopic (exact) mass is 445 g/mol. The molecule has 0 aliphatic rings. The maximum absolute atomic E-state index is 12.6. The van der Waals surface area contributed by atoms with Crippen molar-refractivity contribution in [1.29, 1.82) is 0 Å². The summed E-state index contributed by atoms with van der Waals surface area (Å²) in [5.41, 5.74) is 1.44. The van der Waals surface area contributed by atoms with E-state index >= 15 is 0 Å². The van der Waals surface area contributed by atoms with E-state index in [-0.39, 0.29) is 10.1 Å². The average Bonchev–Trinajstić information content (AvgIpc) is 3.16. The van der Waals surface area contributed by atoms with Crippen LogP contribution in [0.4, 0.5) is 5.69 Å². The third-order valence-electron chi connectivity index (χ3n) is 3.52. The second-order valence-electron chi connectivity index (χ2n) is 5.52. The first-order valence-corrected chi connectivity index (χ1v) is 11.2. The predicted octanol–water partition coefficient (Wildman–Crippen LogP) is 3.31. The number of hydrogen-bond acceptors (Lipinski definition) is 6. The summed E-state index contributed by atoms with van der Waals surface area (Å²) in [5.74, 6) is -0.180. The fourth-order valence-corrected chi connectivity index (χ4v) is 6.17. The molecule has 0 saturated heterocycles. The summed E-state index contributed by atoms with van der Waals surface area (Å²) in [4.78, 5) is 11.6. The molecule has 27 heavy (non-hydrogen) atoms. The molecule has 144 valence electrons. The van der Waals surface area contributed by atoms with E-state index in [9.17, 15) is 13.2 Å². The third-order valence-corrected chi connectivity index (χ3v) is 7.65. The minimum Gasteiger partial charge on any atom is -0.383 e. The van der Waals surface area contributed by atoms with Crippen molar-refractivity contribution in [2.24, 2.45) is 4.40 Å². The van der Waals surface area contributed by atoms with Gasteiger partial charge in [-0.1, -0.05) is 22.9 Å². The maximum atomic E-state index is 12.6. The molecule has 0 aliphatic carbocycles. The molecule has 0 atom stereocenters. The fraction of sp³-hybridized carbons (Fsp3) is 0.250. The smallest absolute Gasteiger partial charge is 0.294 e. The summed E-state index contributed by atoms with van der Waals surface area (Å²) >= 11 is 8.04. The van der Waals surface area contributed by atoms with Gasteiger partial charge >= 0.3 is 0 Å². The molecule has 7 nitrogen and oxygen atoms in total. The van der Waals surface area contributed by atoms with Crippen molar-refractivity contribution in [1.82, 2.24) is 4.57 Å². The number of nitrogens with zero attached hydrogens (tertiary/aromatic N) is 2. The lowest BCUT2D eigenvalue weighted by atomic mass is 10.3. The number of ether oxygens (including phenoxy) is 1. The van der Waals surface area contributed by atoms with Gasteiger partial charge in [-0.15, -0.1) is 15.7 Å². The van der Waals surface area contributed by atoms with Crippen LogP contribution in [-0.4, -0.2) is 32.6 Å². The number of carbonyl (C=O) groups is 1. The molecule has 0 spiro atoms. The van der Waals surface area contributed by atoms with E-state index in [1.807, 2.05) is 6.07 Å². The number of anilines is 1. The van der Waals surface area contributed by atoms with Gasteiger partial charge in [-0.25, -0.2) is 0 Å². The Morgan fingerprint density at radius 1 is 1.30 bits per heavy atom. The van der Waals surface area contributed by atoms with Crippen molar-refractivity contribution in [3.63, 3.8) is 0 Å². The van der Waals surface area contributed by atoms with Crippen LogP contribution >= 0.6 is 34.3 Å². The topological polar surface area (TPSA) is 89.8 Å². The molecule has 1 aromatic carbocycles. The first-order valence-electron chi connectivity index (χ1n) is 7.76. The Bertz CT molecular complexity index is 1160. The van der Waals surface area contributed by atoms with Crippen molar-refractivity contribution >= 4 is 66.1 Å². The quantitative estimate of drug-likeness (QED) is 0.630. The van der Waals surface area contributed by atoms with E-state index < -0.39 is 10.0 Å². The van der Waals surface area contributed by atoms with Crippen molar-refractivity contribution in [2.45, 2.75) is 17.7 Å². The maximum Gasteiger partial charge on any atom is 0.294 e. The average molecular weight is 446 g/mol. The zero-order valence-corrected chi connectivity index (χ0v) is 17.6. The molecule has 0 saturated carbocycles. The van der Waals surface area contributed by atoms with Gasteiger partial charge in [0, 0.05) is 26.3 Å². The number of nitrogens with one attached hydrogen (secondary N) is 1. The molecule has 3 rings (SSSR count). The highest BCUT2D eigenvalue weighted by Crippen LogP contribution is 2.27. The minimum absolute atomic E-state index is 0.0854. The number of methoxy groups -OCH3 is 1. The molecule has 0 radical (unpaired) electrons. The van der Waals surface area contributed by atoms with Gasteiger partial charge in [0.2, 0.25) is 10.7 Å². The van der Waals surface area contributed by atoms with Crippen molar-refractivity contribution in [3.8, 4) is 0 Å². The Kier molecular flexibility index (Phi) is 6.02. The lowest BCUT2D eigenvalue weighted by molar-refractivity contribution is -0.114. The summed E-state index contributed by atoms with van der Waals surface area (Å²) in [5, 5.41) is 2.72. The van der Waals surface area contributed by atoms with Crippen LogP contribution in [0.1, 0.15) is 6.92 Å². The lowest BCUT2D eigenvalue weighted by Crippen LogP contribution is -2.19. The summed E-state index contributed by atoms with van der Waals surface area (Å²) in [6, 6.07) is 8.33. The third kappa shape index (κ3) is 4.58. The molecule has 1 amide bonds. The van der Waals surface area contributed by atoms with E-state index in [1.165, 1.54) is 30.4 Å². The summed E-state index contributed by atoms with van der Waals surface area (Å²) in [7, 11) is -2.30. The fourth-order valence-electron chi connectivity index (χ4n) is 2.41. The minimum atomic E-state index is -3.88. The van der Waals surface area contributed by atoms with E-state index in [4.69, 9.17) is 16.3 Å². The van der Waals surface area contributed by atoms with Crippen LogP contribution < -0.4 is 10.1 Å². The molecule has 3 aromatic rings. The van der Waals surface area contributed by atoms with Gasteiger partial charge in [-0.05, 0) is 30.3 Å². The number of halogens is 1. The summed E-state index contributed by atoms with van der Waals surface area (Å²) in [6.45, 7) is 2.27. The molecule has 0 aliphatic heterocycles. The van der Waals surface area contributed by atoms with Crippen LogP contribution in [0.15, 0.2) is 38.9 Å². The highest BCUT2D eigenvalue weighted by Gasteiger charge is 2.17. The van der Waals surface area contributed by atoms with Crippen LogP contribution in [-0.2, 0) is 26.1 Å². The van der Waals surface area contributed by atoms with Crippen molar-refractivity contribution < 1.29 is 17.9 Å². The Morgan fingerprint density at radius 2 is 2.07 bits per heavy atom. The number of fused-ring (bicyclic) bond motifs is 1. The van der Waals surface area contributed by atoms with E-state index in [0.717, 1.165) is 21.6 Å². The largest absolute Gasteiger partial charge is 0.383 e. The van der Waals surface area contributed by atoms with Gasteiger partial charge in [0.25, 0.3) is 10.0 Å². The number of hydrogen-bond donors (Lipinski definition) is 1. The van der Waals surface area contributed by atoms with Crippen LogP contribution in [0.5, 0.6) is 0 Å². The van der Waals surface area contributed by atoms with Gasteiger partial charge in [0.05, 0.1) is 21.2 Å². The number of thiazole rings is 1. The Balaban J connectivity index is 2.16. The van der Waals surface area contributed by atoms with Crippen molar-refractivity contribution in [2.75, 3.05) is 19.0 Å². The molecule has 1 N–H and O–H groups in total. The molecule has 0 fully saturated rings. The Labute approximate surface area is 168 Å². The zero-order valence-electron chi connectivity index (χ0n) is 14.4. The number of sulfonamides is 1. The number of aromatic nitrogens is 1. The second kappa shape index (κ2) is 8.11. The van der Waals surface area contributed by atoms with Crippen LogP contribution in [0.25, 0.3) is 10.2 Å². The molecule has 11 heteroatoms. The van der Waals surface area contributed by atoms with Crippen LogP contribution in [0.2, 0.25) is 4.34 Å². The van der Waals surface area contributed by atoms with Gasteiger partial charge in [-0.3, -0.25) is 4.79 Å². The summed E-state index contributed by atoms with van der Waals surface area (Å²) in [6.07, 6.45) is 0. The molecular formula is C16H16ClN3O4S3. The van der Waals surface area contributed by atoms with Gasteiger partial charge in [-0.2, -0.15) is 8.42 Å². The molecule has 0 bridgehead atoms.